The fourth-order valence-corrected chi connectivity index (χ4v) is 3.78. The smallest absolute Gasteiger partial charge is 0.480 e. The van der Waals surface area contributed by atoms with E-state index in [1.165, 1.54) is 20.9 Å². The normalized spacial score (nSPS) is 15.1. The van der Waals surface area contributed by atoms with Crippen LogP contribution in [0.25, 0.3) is 0 Å². The number of guanidine groups is 1. The first-order valence-corrected chi connectivity index (χ1v) is 12.4. The highest BCUT2D eigenvalue weighted by Crippen LogP contribution is 2.47. The molecule has 0 fully saturated rings. The SMILES string of the molecule is CCCOC(=O)OC(C)OP(=O)(NC(=N)N(C)C(CCC)C(=O)O)OC(C)OC(=O)OCCC. The number of hydrogen-bond acceptors (Lipinski definition) is 11. The van der Waals surface area contributed by atoms with Crippen molar-refractivity contribution in [3.8, 4) is 0 Å². The first-order chi connectivity index (χ1) is 15.9. The zero-order chi connectivity index (χ0) is 26.3. The van der Waals surface area contributed by atoms with Crippen LogP contribution >= 0.6 is 7.75 Å². The molecule has 0 aromatic carbocycles. The summed E-state index contributed by atoms with van der Waals surface area (Å²) in [5.41, 5.74) is 0. The van der Waals surface area contributed by atoms with Gasteiger partial charge in [0.05, 0.1) is 13.2 Å². The lowest BCUT2D eigenvalue weighted by Crippen LogP contribution is -2.47. The molecule has 0 aliphatic rings. The number of ether oxygens (including phenoxy) is 4. The van der Waals surface area contributed by atoms with Gasteiger partial charge in [-0.05, 0) is 33.1 Å². The Balaban J connectivity index is 5.50. The molecule has 3 N–H and O–H groups in total. The van der Waals surface area contributed by atoms with Crippen molar-refractivity contribution in [1.82, 2.24) is 9.99 Å². The molecule has 0 saturated heterocycles. The summed E-state index contributed by atoms with van der Waals surface area (Å²) >= 11 is 0. The number of rotatable bonds is 15. The summed E-state index contributed by atoms with van der Waals surface area (Å²) in [4.78, 5) is 35.9. The second-order valence-corrected chi connectivity index (χ2v) is 8.63. The minimum absolute atomic E-state index is 0.0894. The largest absolute Gasteiger partial charge is 0.510 e. The maximum atomic E-state index is 13.4. The van der Waals surface area contributed by atoms with Crippen LogP contribution in [-0.4, -0.2) is 73.1 Å². The Labute approximate surface area is 199 Å². The van der Waals surface area contributed by atoms with Crippen molar-refractivity contribution in [1.29, 1.82) is 5.41 Å². The van der Waals surface area contributed by atoms with Gasteiger partial charge in [0.1, 0.15) is 6.04 Å². The lowest BCUT2D eigenvalue weighted by molar-refractivity contribution is -0.141. The molecule has 0 saturated carbocycles. The zero-order valence-electron chi connectivity index (χ0n) is 20.4. The van der Waals surface area contributed by atoms with E-state index in [2.05, 4.69) is 5.09 Å². The Kier molecular flexibility index (Phi) is 14.9. The predicted molar refractivity (Wildman–Crippen MR) is 119 cm³/mol. The Morgan fingerprint density at radius 2 is 1.38 bits per heavy atom. The molecular formula is C19H36N3O11P. The summed E-state index contributed by atoms with van der Waals surface area (Å²) in [6.45, 7) is 7.94. The Morgan fingerprint density at radius 3 is 1.74 bits per heavy atom. The molecule has 0 radical (unpaired) electrons. The summed E-state index contributed by atoms with van der Waals surface area (Å²) in [5, 5.41) is 19.7. The summed E-state index contributed by atoms with van der Waals surface area (Å²) in [6, 6.07) is -1.10. The van der Waals surface area contributed by atoms with Crippen LogP contribution in [0, 0.1) is 5.41 Å². The van der Waals surface area contributed by atoms with E-state index in [0.717, 1.165) is 4.90 Å². The Bertz CT molecular complexity index is 688. The predicted octanol–water partition coefficient (Wildman–Crippen LogP) is 3.66. The van der Waals surface area contributed by atoms with Gasteiger partial charge in [-0.15, -0.1) is 0 Å². The quantitative estimate of drug-likeness (QED) is 0.0948. The van der Waals surface area contributed by atoms with Crippen LogP contribution in [0.3, 0.4) is 0 Å². The topological polar surface area (TPSA) is 183 Å². The van der Waals surface area contributed by atoms with E-state index in [1.54, 1.807) is 20.8 Å². The van der Waals surface area contributed by atoms with Crippen LogP contribution in [0.15, 0.2) is 0 Å². The molecule has 15 heteroatoms. The second kappa shape index (κ2) is 16.1. The third-order valence-corrected chi connectivity index (χ3v) is 5.49. The van der Waals surface area contributed by atoms with Gasteiger partial charge in [-0.3, -0.25) is 19.5 Å². The standard InChI is InChI=1S/C19H36N3O11P/c1-7-10-15(16(23)24)22(6)17(20)21-34(27,32-13(4)30-18(25)28-11-8-2)33-14(5)31-19(26)29-12-9-3/h13-15H,7-12H2,1-6H3,(H,23,24)(H2,20,21,27). The molecule has 0 bridgehead atoms. The molecule has 34 heavy (non-hydrogen) atoms. The molecular weight excluding hydrogens is 477 g/mol. The van der Waals surface area contributed by atoms with Crippen LogP contribution in [0.1, 0.15) is 60.3 Å². The molecule has 0 aromatic heterocycles. The fraction of sp³-hybridized carbons (Fsp3) is 0.789. The van der Waals surface area contributed by atoms with Gasteiger partial charge in [-0.2, -0.15) is 0 Å². The van der Waals surface area contributed by atoms with Gasteiger partial charge >= 0.3 is 26.0 Å². The molecule has 3 atom stereocenters. The monoisotopic (exact) mass is 513 g/mol. The van der Waals surface area contributed by atoms with Gasteiger partial charge in [0, 0.05) is 7.05 Å². The van der Waals surface area contributed by atoms with Gasteiger partial charge in [-0.1, -0.05) is 27.2 Å². The molecule has 0 amide bonds. The van der Waals surface area contributed by atoms with Crippen LogP contribution in [0.2, 0.25) is 0 Å². The molecule has 0 aromatic rings. The number of carboxylic acids is 1. The number of carboxylic acid groups (broad SMARTS) is 1. The van der Waals surface area contributed by atoms with Gasteiger partial charge in [0.25, 0.3) is 0 Å². The lowest BCUT2D eigenvalue weighted by Gasteiger charge is -2.30. The molecule has 14 nitrogen and oxygen atoms in total. The summed E-state index contributed by atoms with van der Waals surface area (Å²) in [6.07, 6.45) is -3.34. The van der Waals surface area contributed by atoms with Crippen LogP contribution in [0.4, 0.5) is 9.59 Å². The number of aliphatic carboxylic acids is 1. The minimum atomic E-state index is -4.57. The van der Waals surface area contributed by atoms with Crippen molar-refractivity contribution in [2.75, 3.05) is 20.3 Å². The van der Waals surface area contributed by atoms with Crippen molar-refractivity contribution in [2.24, 2.45) is 0 Å². The van der Waals surface area contributed by atoms with E-state index < -0.39 is 50.6 Å². The molecule has 0 rings (SSSR count). The number of hydrogen-bond donors (Lipinski definition) is 3. The van der Waals surface area contributed by atoms with Crippen LogP contribution < -0.4 is 5.09 Å². The molecule has 0 aliphatic heterocycles. The van der Waals surface area contributed by atoms with Gasteiger partial charge in [0.2, 0.25) is 18.5 Å². The van der Waals surface area contributed by atoms with Crippen LogP contribution in [-0.2, 0) is 37.4 Å². The number of carbonyl (C=O) groups is 3. The highest BCUT2D eigenvalue weighted by molar-refractivity contribution is 7.52. The maximum absolute atomic E-state index is 13.4. The van der Waals surface area contributed by atoms with Crippen molar-refractivity contribution in [2.45, 2.75) is 78.9 Å². The van der Waals surface area contributed by atoms with E-state index in [1.807, 2.05) is 0 Å². The van der Waals surface area contributed by atoms with Crippen molar-refractivity contribution < 1.29 is 52.1 Å². The molecule has 0 spiro atoms. The Hall–Kier alpha value is -2.57. The minimum Gasteiger partial charge on any atom is -0.480 e. The van der Waals surface area contributed by atoms with E-state index in [-0.39, 0.29) is 19.6 Å². The molecule has 3 unspecified atom stereocenters. The van der Waals surface area contributed by atoms with E-state index in [4.69, 9.17) is 33.4 Å². The third kappa shape index (κ3) is 12.6. The maximum Gasteiger partial charge on any atom is 0.510 e. The Morgan fingerprint density at radius 1 is 0.941 bits per heavy atom. The van der Waals surface area contributed by atoms with E-state index in [9.17, 15) is 24.1 Å². The number of nitrogens with zero attached hydrogens (tertiary/aromatic N) is 1. The molecule has 0 aliphatic carbocycles. The fourth-order valence-electron chi connectivity index (χ4n) is 2.34. The summed E-state index contributed by atoms with van der Waals surface area (Å²) in [5.74, 6) is -1.82. The average Bonchev–Trinajstić information content (AvgIpc) is 2.72. The zero-order valence-corrected chi connectivity index (χ0v) is 21.3. The highest BCUT2D eigenvalue weighted by atomic mass is 31.2. The molecule has 0 heterocycles. The van der Waals surface area contributed by atoms with Crippen molar-refractivity contribution >= 4 is 32.0 Å². The first kappa shape index (κ1) is 31.4. The average molecular weight is 513 g/mol. The number of carbonyl (C=O) groups excluding carboxylic acids is 2. The van der Waals surface area contributed by atoms with Gasteiger partial charge in [0.15, 0.2) is 0 Å². The molecule has 198 valence electrons. The first-order valence-electron chi connectivity index (χ1n) is 10.8. The number of likely N-dealkylation sites (N-methyl/N-ethyl adjacent to an activating group) is 1. The lowest BCUT2D eigenvalue weighted by atomic mass is 10.1. The van der Waals surface area contributed by atoms with E-state index in [0.29, 0.717) is 19.3 Å². The highest BCUT2D eigenvalue weighted by Gasteiger charge is 2.36. The number of nitrogens with one attached hydrogen (secondary N) is 2. The summed E-state index contributed by atoms with van der Waals surface area (Å²) in [7, 11) is -3.27. The van der Waals surface area contributed by atoms with Crippen LogP contribution in [0.5, 0.6) is 0 Å². The van der Waals surface area contributed by atoms with E-state index >= 15 is 0 Å². The summed E-state index contributed by atoms with van der Waals surface area (Å²) < 4.78 is 42.9. The second-order valence-electron chi connectivity index (χ2n) is 6.99. The van der Waals surface area contributed by atoms with Crippen molar-refractivity contribution in [3.63, 3.8) is 0 Å². The van der Waals surface area contributed by atoms with Crippen molar-refractivity contribution in [3.05, 3.63) is 0 Å². The van der Waals surface area contributed by atoms with Gasteiger partial charge < -0.3 is 29.0 Å². The van der Waals surface area contributed by atoms with Gasteiger partial charge in [-0.25, -0.2) is 18.9 Å². The third-order valence-electron chi connectivity index (χ3n) is 3.86.